The lowest BCUT2D eigenvalue weighted by atomic mass is 10.2. The van der Waals surface area contributed by atoms with Gasteiger partial charge in [-0.3, -0.25) is 4.98 Å². The van der Waals surface area contributed by atoms with Gasteiger partial charge in [-0.15, -0.1) is 0 Å². The molecule has 0 atom stereocenters. The fraction of sp³-hybridized carbons (Fsp3) is 0.143. The second-order valence-electron chi connectivity index (χ2n) is 4.12. The Morgan fingerprint density at radius 2 is 2.00 bits per heavy atom. The largest absolute Gasteiger partial charge is 0.454 e. The van der Waals surface area contributed by atoms with E-state index in [2.05, 4.69) is 11.1 Å². The summed E-state index contributed by atoms with van der Waals surface area (Å²) < 4.78 is 5.70. The molecule has 0 bridgehead atoms. The summed E-state index contributed by atoms with van der Waals surface area (Å²) in [6, 6.07) is 8.73. The van der Waals surface area contributed by atoms with Crippen molar-refractivity contribution in [2.75, 3.05) is 5.73 Å². The lowest BCUT2D eigenvalue weighted by molar-refractivity contribution is 0.481. The third-order valence-electron chi connectivity index (χ3n) is 2.60. The van der Waals surface area contributed by atoms with E-state index in [0.717, 1.165) is 5.69 Å². The summed E-state index contributed by atoms with van der Waals surface area (Å²) in [4.78, 5) is 4.23. The molecule has 0 aliphatic carbocycles. The zero-order valence-corrected chi connectivity index (χ0v) is 11.3. The topological polar surface area (TPSA) is 71.9 Å². The molecule has 0 amide bonds. The predicted molar refractivity (Wildman–Crippen MR) is 74.4 cm³/mol. The molecule has 96 valence electrons. The highest BCUT2D eigenvalue weighted by Crippen LogP contribution is 2.32. The average Bonchev–Trinajstić information content (AvgIpc) is 2.33. The van der Waals surface area contributed by atoms with E-state index < -0.39 is 0 Å². The summed E-state index contributed by atoms with van der Waals surface area (Å²) >= 11 is 5.91. The van der Waals surface area contributed by atoms with Gasteiger partial charge < -0.3 is 10.5 Å². The second kappa shape index (κ2) is 5.17. The number of halogens is 1. The van der Waals surface area contributed by atoms with Crippen LogP contribution in [0.5, 0.6) is 11.5 Å². The molecule has 0 saturated heterocycles. The van der Waals surface area contributed by atoms with Gasteiger partial charge in [0.1, 0.15) is 17.4 Å². The Kier molecular flexibility index (Phi) is 3.59. The Labute approximate surface area is 116 Å². The summed E-state index contributed by atoms with van der Waals surface area (Å²) in [6.07, 6.45) is 0. The first-order valence-corrected chi connectivity index (χ1v) is 6.00. The molecule has 4 nitrogen and oxygen atoms in total. The molecule has 5 heteroatoms. The molecule has 0 unspecified atom stereocenters. The minimum atomic E-state index is 0.393. The Bertz CT molecular complexity index is 677. The van der Waals surface area contributed by atoms with Crippen LogP contribution in [0.3, 0.4) is 0 Å². The minimum Gasteiger partial charge on any atom is -0.454 e. The number of benzene rings is 1. The molecule has 2 N–H and O–H groups in total. The van der Waals surface area contributed by atoms with Crippen LogP contribution < -0.4 is 10.5 Å². The van der Waals surface area contributed by atoms with Gasteiger partial charge in [-0.25, -0.2) is 0 Å². The van der Waals surface area contributed by atoms with E-state index in [9.17, 15) is 0 Å². The van der Waals surface area contributed by atoms with Crippen LogP contribution in [0.15, 0.2) is 24.3 Å². The number of nitrogens with zero attached hydrogens (tertiary/aromatic N) is 2. The van der Waals surface area contributed by atoms with Crippen molar-refractivity contribution in [3.8, 4) is 17.6 Å². The third kappa shape index (κ3) is 2.78. The van der Waals surface area contributed by atoms with Gasteiger partial charge in [-0.05, 0) is 26.0 Å². The van der Waals surface area contributed by atoms with Gasteiger partial charge in [-0.1, -0.05) is 11.6 Å². The molecule has 2 aromatic rings. The molecule has 0 spiro atoms. The summed E-state index contributed by atoms with van der Waals surface area (Å²) in [6.45, 7) is 3.60. The first kappa shape index (κ1) is 13.2. The van der Waals surface area contributed by atoms with Crippen molar-refractivity contribution in [2.45, 2.75) is 13.8 Å². The van der Waals surface area contributed by atoms with Crippen molar-refractivity contribution in [3.63, 3.8) is 0 Å². The van der Waals surface area contributed by atoms with Crippen molar-refractivity contribution < 1.29 is 4.74 Å². The van der Waals surface area contributed by atoms with Crippen LogP contribution in [0.25, 0.3) is 0 Å². The van der Waals surface area contributed by atoms with Crippen LogP contribution in [-0.4, -0.2) is 4.98 Å². The smallest absolute Gasteiger partial charge is 0.151 e. The lowest BCUT2D eigenvalue weighted by Gasteiger charge is -2.11. The van der Waals surface area contributed by atoms with Gasteiger partial charge >= 0.3 is 0 Å². The van der Waals surface area contributed by atoms with Crippen molar-refractivity contribution in [1.29, 1.82) is 5.26 Å². The molecule has 0 aliphatic rings. The number of nitrogens with two attached hydrogens (primary N) is 1. The van der Waals surface area contributed by atoms with E-state index in [0.29, 0.717) is 33.5 Å². The minimum absolute atomic E-state index is 0.393. The molecule has 0 aliphatic heterocycles. The van der Waals surface area contributed by atoms with Gasteiger partial charge in [0.05, 0.1) is 11.4 Å². The Morgan fingerprint density at radius 1 is 1.26 bits per heavy atom. The summed E-state index contributed by atoms with van der Waals surface area (Å²) in [5.74, 6) is 0.857. The maximum Gasteiger partial charge on any atom is 0.151 e. The highest BCUT2D eigenvalue weighted by Gasteiger charge is 2.12. The zero-order chi connectivity index (χ0) is 14.0. The zero-order valence-electron chi connectivity index (χ0n) is 10.6. The molecular weight excluding hydrogens is 262 g/mol. The molecule has 0 radical (unpaired) electrons. The van der Waals surface area contributed by atoms with Gasteiger partial charge in [0, 0.05) is 22.8 Å². The van der Waals surface area contributed by atoms with Crippen LogP contribution in [-0.2, 0) is 0 Å². The highest BCUT2D eigenvalue weighted by molar-refractivity contribution is 6.30. The number of nitriles is 1. The molecule has 1 heterocycles. The molecule has 1 aromatic carbocycles. The molecular formula is C14H12ClN3O. The maximum absolute atomic E-state index is 9.16. The van der Waals surface area contributed by atoms with Crippen molar-refractivity contribution in [2.24, 2.45) is 0 Å². The number of rotatable bonds is 2. The normalized spacial score (nSPS) is 10.0. The SMILES string of the molecule is Cc1cc(Oc2cc(Cl)ccc2N)c(C#N)c(C)n1. The Morgan fingerprint density at radius 3 is 2.68 bits per heavy atom. The van der Waals surface area contributed by atoms with Gasteiger partial charge in [0.15, 0.2) is 5.75 Å². The van der Waals surface area contributed by atoms with Crippen molar-refractivity contribution >= 4 is 17.3 Å². The number of pyridine rings is 1. The lowest BCUT2D eigenvalue weighted by Crippen LogP contribution is -1.98. The number of nitrogen functional groups attached to an aromatic ring is 1. The van der Waals surface area contributed by atoms with Crippen LogP contribution in [0.1, 0.15) is 17.0 Å². The molecule has 0 fully saturated rings. The van der Waals surface area contributed by atoms with E-state index in [1.54, 1.807) is 31.2 Å². The Balaban J connectivity index is 2.49. The fourth-order valence-corrected chi connectivity index (χ4v) is 1.89. The summed E-state index contributed by atoms with van der Waals surface area (Å²) in [5, 5.41) is 9.68. The first-order chi connectivity index (χ1) is 9.01. The summed E-state index contributed by atoms with van der Waals surface area (Å²) in [7, 11) is 0. The van der Waals surface area contributed by atoms with E-state index in [1.165, 1.54) is 0 Å². The van der Waals surface area contributed by atoms with Crippen LogP contribution in [0, 0.1) is 25.2 Å². The second-order valence-corrected chi connectivity index (χ2v) is 4.55. The average molecular weight is 274 g/mol. The first-order valence-electron chi connectivity index (χ1n) is 5.62. The number of ether oxygens (including phenoxy) is 1. The van der Waals surface area contributed by atoms with Crippen molar-refractivity contribution in [1.82, 2.24) is 4.98 Å². The molecule has 0 saturated carbocycles. The van der Waals surface area contributed by atoms with Crippen molar-refractivity contribution in [3.05, 3.63) is 46.2 Å². The van der Waals surface area contributed by atoms with Gasteiger partial charge in [0.25, 0.3) is 0 Å². The van der Waals surface area contributed by atoms with E-state index in [4.69, 9.17) is 27.3 Å². The summed E-state index contributed by atoms with van der Waals surface area (Å²) in [5.41, 5.74) is 8.07. The monoisotopic (exact) mass is 273 g/mol. The predicted octanol–water partition coefficient (Wildman–Crippen LogP) is 3.60. The number of aromatic nitrogens is 1. The van der Waals surface area contributed by atoms with Crippen LogP contribution >= 0.6 is 11.6 Å². The van der Waals surface area contributed by atoms with E-state index in [-0.39, 0.29) is 0 Å². The van der Waals surface area contributed by atoms with Crippen LogP contribution in [0.4, 0.5) is 5.69 Å². The molecule has 2 rings (SSSR count). The van der Waals surface area contributed by atoms with E-state index in [1.807, 2.05) is 6.92 Å². The maximum atomic E-state index is 9.16. The standard InChI is InChI=1S/C14H12ClN3O/c1-8-5-13(11(7-16)9(2)18-8)19-14-6-10(15)3-4-12(14)17/h3-6H,17H2,1-2H3. The number of hydrogen-bond donors (Lipinski definition) is 1. The quantitative estimate of drug-likeness (QED) is 0.849. The molecule has 19 heavy (non-hydrogen) atoms. The third-order valence-corrected chi connectivity index (χ3v) is 2.83. The van der Waals surface area contributed by atoms with Gasteiger partial charge in [0.2, 0.25) is 0 Å². The Hall–Kier alpha value is -2.25. The van der Waals surface area contributed by atoms with E-state index >= 15 is 0 Å². The van der Waals surface area contributed by atoms with Crippen LogP contribution in [0.2, 0.25) is 5.02 Å². The van der Waals surface area contributed by atoms with Gasteiger partial charge in [-0.2, -0.15) is 5.26 Å². The number of hydrogen-bond acceptors (Lipinski definition) is 4. The highest BCUT2D eigenvalue weighted by atomic mass is 35.5. The number of aryl methyl sites for hydroxylation is 2. The number of anilines is 1. The molecule has 1 aromatic heterocycles. The fourth-order valence-electron chi connectivity index (χ4n) is 1.72.